The summed E-state index contributed by atoms with van der Waals surface area (Å²) < 4.78 is 12.9. The number of carbonyl (C=O) groups excluding carboxylic acids is 1. The maximum atomic E-state index is 12.9. The molecule has 1 atom stereocenters. The molecule has 1 aliphatic heterocycles. The molecule has 114 valence electrons. The van der Waals surface area contributed by atoms with E-state index in [2.05, 4.69) is 22.3 Å². The quantitative estimate of drug-likeness (QED) is 0.941. The van der Waals surface area contributed by atoms with Crippen molar-refractivity contribution in [3.63, 3.8) is 0 Å². The lowest BCUT2D eigenvalue weighted by Gasteiger charge is -2.16. The van der Waals surface area contributed by atoms with E-state index in [4.69, 9.17) is 0 Å². The van der Waals surface area contributed by atoms with Gasteiger partial charge in [-0.05, 0) is 36.2 Å². The molecule has 3 nitrogen and oxygen atoms in total. The van der Waals surface area contributed by atoms with Crippen molar-refractivity contribution in [2.75, 3.05) is 13.1 Å². The standard InChI is InChI=1S/C18H19FN2O/c19-16-8-6-15(7-9-16)18(22)20-17-10-11-21(13-17)12-14-4-2-1-3-5-14/h1-9,17H,10-13H2,(H,20,22)/t17-/m0/s1. The number of likely N-dealkylation sites (tertiary alicyclic amines) is 1. The highest BCUT2D eigenvalue weighted by atomic mass is 19.1. The Hall–Kier alpha value is -2.20. The van der Waals surface area contributed by atoms with Crippen LogP contribution >= 0.6 is 0 Å². The summed E-state index contributed by atoms with van der Waals surface area (Å²) in [6, 6.07) is 16.1. The predicted molar refractivity (Wildman–Crippen MR) is 84.0 cm³/mol. The lowest BCUT2D eigenvalue weighted by atomic mass is 10.2. The first-order valence-electron chi connectivity index (χ1n) is 7.53. The molecule has 22 heavy (non-hydrogen) atoms. The van der Waals surface area contributed by atoms with Gasteiger partial charge in [0.05, 0.1) is 0 Å². The van der Waals surface area contributed by atoms with Gasteiger partial charge in [0.25, 0.3) is 5.91 Å². The van der Waals surface area contributed by atoms with Crippen molar-refractivity contribution in [2.45, 2.75) is 19.0 Å². The molecule has 1 heterocycles. The van der Waals surface area contributed by atoms with E-state index in [-0.39, 0.29) is 17.8 Å². The van der Waals surface area contributed by atoms with Gasteiger partial charge in [0.2, 0.25) is 0 Å². The van der Waals surface area contributed by atoms with E-state index in [1.54, 1.807) is 0 Å². The first-order chi connectivity index (χ1) is 10.7. The molecule has 0 radical (unpaired) electrons. The van der Waals surface area contributed by atoms with Crippen LogP contribution in [-0.4, -0.2) is 29.9 Å². The number of halogens is 1. The molecule has 1 aliphatic rings. The maximum Gasteiger partial charge on any atom is 0.251 e. The highest BCUT2D eigenvalue weighted by Crippen LogP contribution is 2.14. The lowest BCUT2D eigenvalue weighted by molar-refractivity contribution is 0.0937. The van der Waals surface area contributed by atoms with E-state index < -0.39 is 0 Å². The first kappa shape index (κ1) is 14.7. The van der Waals surface area contributed by atoms with Crippen LogP contribution in [0.3, 0.4) is 0 Å². The third-order valence-corrected chi connectivity index (χ3v) is 3.96. The molecule has 0 saturated carbocycles. The Bertz CT molecular complexity index is 627. The molecule has 4 heteroatoms. The highest BCUT2D eigenvalue weighted by molar-refractivity contribution is 5.94. The van der Waals surface area contributed by atoms with Crippen molar-refractivity contribution >= 4 is 5.91 Å². The van der Waals surface area contributed by atoms with Crippen LogP contribution in [0, 0.1) is 5.82 Å². The van der Waals surface area contributed by atoms with Crippen molar-refractivity contribution < 1.29 is 9.18 Å². The number of benzene rings is 2. The van der Waals surface area contributed by atoms with Crippen LogP contribution in [0.5, 0.6) is 0 Å². The summed E-state index contributed by atoms with van der Waals surface area (Å²) in [6.07, 6.45) is 0.944. The van der Waals surface area contributed by atoms with Crippen molar-refractivity contribution in [3.05, 3.63) is 71.5 Å². The molecule has 2 aromatic rings. The summed E-state index contributed by atoms with van der Waals surface area (Å²) in [5.74, 6) is -0.460. The number of hydrogen-bond acceptors (Lipinski definition) is 2. The van der Waals surface area contributed by atoms with E-state index in [1.165, 1.54) is 29.8 Å². The molecule has 0 aromatic heterocycles. The van der Waals surface area contributed by atoms with Gasteiger partial charge in [-0.25, -0.2) is 4.39 Å². The van der Waals surface area contributed by atoms with Crippen molar-refractivity contribution in [1.82, 2.24) is 10.2 Å². The summed E-state index contributed by atoms with van der Waals surface area (Å²) in [6.45, 7) is 2.73. The second-order valence-corrected chi connectivity index (χ2v) is 5.69. The van der Waals surface area contributed by atoms with E-state index in [0.717, 1.165) is 26.1 Å². The topological polar surface area (TPSA) is 32.3 Å². The summed E-state index contributed by atoms with van der Waals surface area (Å²) in [5, 5.41) is 3.03. The molecule has 0 aliphatic carbocycles. The zero-order valence-corrected chi connectivity index (χ0v) is 12.3. The van der Waals surface area contributed by atoms with Crippen molar-refractivity contribution in [1.29, 1.82) is 0 Å². The van der Waals surface area contributed by atoms with Crippen LogP contribution in [0.25, 0.3) is 0 Å². The zero-order chi connectivity index (χ0) is 15.4. The van der Waals surface area contributed by atoms with E-state index in [9.17, 15) is 9.18 Å². The van der Waals surface area contributed by atoms with Gasteiger partial charge in [0, 0.05) is 31.2 Å². The summed E-state index contributed by atoms with van der Waals surface area (Å²) >= 11 is 0. The predicted octanol–water partition coefficient (Wildman–Crippen LogP) is 2.83. The molecule has 1 saturated heterocycles. The third kappa shape index (κ3) is 3.71. The zero-order valence-electron chi connectivity index (χ0n) is 12.3. The number of nitrogens with zero attached hydrogens (tertiary/aromatic N) is 1. The molecular weight excluding hydrogens is 279 g/mol. The molecule has 1 fully saturated rings. The minimum atomic E-state index is -0.327. The SMILES string of the molecule is O=C(N[C@H]1CCN(Cc2ccccc2)C1)c1ccc(F)cc1. The molecular formula is C18H19FN2O. The third-order valence-electron chi connectivity index (χ3n) is 3.96. The molecule has 0 spiro atoms. The number of nitrogens with one attached hydrogen (secondary N) is 1. The Morgan fingerprint density at radius 2 is 1.86 bits per heavy atom. The van der Waals surface area contributed by atoms with Crippen LogP contribution in [0.1, 0.15) is 22.3 Å². The average Bonchev–Trinajstić information content (AvgIpc) is 2.96. The number of amides is 1. The van der Waals surface area contributed by atoms with Crippen LogP contribution in [0.4, 0.5) is 4.39 Å². The Labute approximate surface area is 129 Å². The summed E-state index contributed by atoms with van der Waals surface area (Å²) in [4.78, 5) is 14.5. The minimum Gasteiger partial charge on any atom is -0.348 e. The number of hydrogen-bond donors (Lipinski definition) is 1. The van der Waals surface area contributed by atoms with Gasteiger partial charge in [-0.15, -0.1) is 0 Å². The Balaban J connectivity index is 1.52. The Morgan fingerprint density at radius 3 is 2.59 bits per heavy atom. The number of carbonyl (C=O) groups is 1. The molecule has 0 bridgehead atoms. The van der Waals surface area contributed by atoms with Crippen LogP contribution in [0.2, 0.25) is 0 Å². The largest absolute Gasteiger partial charge is 0.348 e. The summed E-state index contributed by atoms with van der Waals surface area (Å²) in [5.41, 5.74) is 1.79. The second kappa shape index (κ2) is 6.71. The first-order valence-corrected chi connectivity index (χ1v) is 7.53. The fourth-order valence-corrected chi connectivity index (χ4v) is 2.81. The molecule has 1 N–H and O–H groups in total. The maximum absolute atomic E-state index is 12.9. The fourth-order valence-electron chi connectivity index (χ4n) is 2.81. The van der Waals surface area contributed by atoms with E-state index in [1.807, 2.05) is 18.2 Å². The Morgan fingerprint density at radius 1 is 1.14 bits per heavy atom. The van der Waals surface area contributed by atoms with Crippen LogP contribution < -0.4 is 5.32 Å². The van der Waals surface area contributed by atoms with Gasteiger partial charge in [-0.1, -0.05) is 30.3 Å². The van der Waals surface area contributed by atoms with Crippen LogP contribution in [0.15, 0.2) is 54.6 Å². The monoisotopic (exact) mass is 298 g/mol. The fraction of sp³-hybridized carbons (Fsp3) is 0.278. The number of rotatable bonds is 4. The minimum absolute atomic E-state index is 0.133. The molecule has 1 amide bonds. The Kier molecular flexibility index (Phi) is 4.49. The van der Waals surface area contributed by atoms with Gasteiger partial charge in [-0.2, -0.15) is 0 Å². The normalized spacial score (nSPS) is 18.3. The van der Waals surface area contributed by atoms with Gasteiger partial charge in [0.15, 0.2) is 0 Å². The smallest absolute Gasteiger partial charge is 0.251 e. The molecule has 2 aromatic carbocycles. The summed E-state index contributed by atoms with van der Waals surface area (Å²) in [7, 11) is 0. The second-order valence-electron chi connectivity index (χ2n) is 5.69. The average molecular weight is 298 g/mol. The van der Waals surface area contributed by atoms with E-state index >= 15 is 0 Å². The van der Waals surface area contributed by atoms with Gasteiger partial charge in [0.1, 0.15) is 5.82 Å². The lowest BCUT2D eigenvalue weighted by Crippen LogP contribution is -2.36. The van der Waals surface area contributed by atoms with E-state index in [0.29, 0.717) is 5.56 Å². The van der Waals surface area contributed by atoms with Crippen molar-refractivity contribution in [3.8, 4) is 0 Å². The van der Waals surface area contributed by atoms with Gasteiger partial charge < -0.3 is 5.32 Å². The highest BCUT2D eigenvalue weighted by Gasteiger charge is 2.24. The van der Waals surface area contributed by atoms with Gasteiger partial charge in [-0.3, -0.25) is 9.69 Å². The molecule has 0 unspecified atom stereocenters. The van der Waals surface area contributed by atoms with Crippen LogP contribution in [-0.2, 0) is 6.54 Å². The molecule has 3 rings (SSSR count). The van der Waals surface area contributed by atoms with Gasteiger partial charge >= 0.3 is 0 Å². The van der Waals surface area contributed by atoms with Crippen molar-refractivity contribution in [2.24, 2.45) is 0 Å².